The van der Waals surface area contributed by atoms with Gasteiger partial charge in [-0.25, -0.2) is 0 Å². The zero-order valence-electron chi connectivity index (χ0n) is 7.77. The van der Waals surface area contributed by atoms with Crippen molar-refractivity contribution in [1.82, 2.24) is 4.90 Å². The van der Waals surface area contributed by atoms with Crippen molar-refractivity contribution in [3.05, 3.63) is 47.0 Å². The predicted octanol–water partition coefficient (Wildman–Crippen LogP) is 0.707. The molecular weight excluding hydrogens is 158 g/mol. The first-order valence-electron chi connectivity index (χ1n) is 4.50. The van der Waals surface area contributed by atoms with Crippen molar-refractivity contribution in [3.63, 3.8) is 0 Å². The molecule has 1 aromatic rings. The van der Waals surface area contributed by atoms with Crippen LogP contribution in [0.4, 0.5) is 0 Å². The van der Waals surface area contributed by atoms with Gasteiger partial charge in [0.25, 0.3) is 0 Å². The second-order valence-electron chi connectivity index (χ2n) is 3.28. The normalized spacial score (nSPS) is 15.0. The molecule has 0 atom stereocenters. The molecule has 0 radical (unpaired) electrons. The van der Waals surface area contributed by atoms with Crippen molar-refractivity contribution >= 4 is 12.2 Å². The number of fused-ring (bicyclic) bond motifs is 1. The van der Waals surface area contributed by atoms with Crippen molar-refractivity contribution in [2.75, 3.05) is 13.6 Å². The molecule has 1 aromatic carbocycles. The van der Waals surface area contributed by atoms with E-state index in [-0.39, 0.29) is 0 Å². The fourth-order valence-corrected chi connectivity index (χ4v) is 1.45. The van der Waals surface area contributed by atoms with E-state index >= 15 is 0 Å². The Balaban J connectivity index is 2.62. The molecule has 0 fully saturated rings. The quantitative estimate of drug-likeness (QED) is 0.555. The van der Waals surface area contributed by atoms with Crippen LogP contribution in [0.3, 0.4) is 0 Å². The SMILES string of the molecule is CN1C=CC=c2ccccc2=CC1. The van der Waals surface area contributed by atoms with Gasteiger partial charge >= 0.3 is 0 Å². The van der Waals surface area contributed by atoms with E-state index in [2.05, 4.69) is 60.6 Å². The third kappa shape index (κ3) is 1.81. The second kappa shape index (κ2) is 3.48. The van der Waals surface area contributed by atoms with Gasteiger partial charge in [0.05, 0.1) is 0 Å². The molecule has 66 valence electrons. The fourth-order valence-electron chi connectivity index (χ4n) is 1.45. The van der Waals surface area contributed by atoms with Gasteiger partial charge in [-0.1, -0.05) is 36.4 Å². The second-order valence-corrected chi connectivity index (χ2v) is 3.28. The molecule has 13 heavy (non-hydrogen) atoms. The van der Waals surface area contributed by atoms with Gasteiger partial charge in [0.1, 0.15) is 0 Å². The van der Waals surface area contributed by atoms with E-state index in [1.165, 1.54) is 10.4 Å². The molecule has 0 spiro atoms. The molecule has 0 saturated heterocycles. The topological polar surface area (TPSA) is 3.24 Å². The Morgan fingerprint density at radius 2 is 1.92 bits per heavy atom. The summed E-state index contributed by atoms with van der Waals surface area (Å²) in [6, 6.07) is 8.44. The Hall–Kier alpha value is -1.50. The van der Waals surface area contributed by atoms with Gasteiger partial charge in [-0.2, -0.15) is 0 Å². The molecule has 1 heteroatoms. The Morgan fingerprint density at radius 3 is 2.77 bits per heavy atom. The van der Waals surface area contributed by atoms with E-state index in [4.69, 9.17) is 0 Å². The van der Waals surface area contributed by atoms with Crippen molar-refractivity contribution in [3.8, 4) is 0 Å². The van der Waals surface area contributed by atoms with Crippen molar-refractivity contribution in [2.45, 2.75) is 0 Å². The standard InChI is InChI=1S/C12H13N/c1-13-9-4-7-11-5-2-3-6-12(11)8-10-13/h2-9H,10H2,1H3. The van der Waals surface area contributed by atoms with Gasteiger partial charge in [-0.05, 0) is 22.7 Å². The molecule has 2 rings (SSSR count). The Morgan fingerprint density at radius 1 is 1.15 bits per heavy atom. The number of benzene rings is 1. The van der Waals surface area contributed by atoms with Crippen LogP contribution in [0, 0.1) is 0 Å². The predicted molar refractivity (Wildman–Crippen MR) is 56.4 cm³/mol. The van der Waals surface area contributed by atoms with Gasteiger partial charge in [0.2, 0.25) is 0 Å². The first kappa shape index (κ1) is 8.11. The summed E-state index contributed by atoms with van der Waals surface area (Å²) in [5, 5.41) is 2.62. The highest BCUT2D eigenvalue weighted by atomic mass is 15.1. The maximum atomic E-state index is 2.25. The monoisotopic (exact) mass is 171 g/mol. The molecule has 0 saturated carbocycles. The van der Waals surface area contributed by atoms with Crippen LogP contribution in [0.5, 0.6) is 0 Å². The van der Waals surface area contributed by atoms with Crippen molar-refractivity contribution in [1.29, 1.82) is 0 Å². The Kier molecular flexibility index (Phi) is 2.17. The first-order valence-corrected chi connectivity index (χ1v) is 4.50. The van der Waals surface area contributed by atoms with Crippen molar-refractivity contribution in [2.24, 2.45) is 0 Å². The average molecular weight is 171 g/mol. The van der Waals surface area contributed by atoms with Crippen LogP contribution in [0.1, 0.15) is 0 Å². The van der Waals surface area contributed by atoms with Crippen LogP contribution in [0.15, 0.2) is 36.5 Å². The van der Waals surface area contributed by atoms with Crippen LogP contribution in [-0.4, -0.2) is 18.5 Å². The molecule has 1 aliphatic heterocycles. The molecule has 1 heterocycles. The number of rotatable bonds is 0. The summed E-state index contributed by atoms with van der Waals surface area (Å²) in [4.78, 5) is 2.16. The van der Waals surface area contributed by atoms with E-state index in [1.807, 2.05) is 0 Å². The highest BCUT2D eigenvalue weighted by Gasteiger charge is 1.90. The van der Waals surface area contributed by atoms with Crippen molar-refractivity contribution < 1.29 is 0 Å². The number of nitrogens with zero attached hydrogens (tertiary/aromatic N) is 1. The minimum absolute atomic E-state index is 0.974. The molecular formula is C12H13N. The Bertz CT molecular complexity index is 429. The lowest BCUT2D eigenvalue weighted by atomic mass is 10.2. The lowest BCUT2D eigenvalue weighted by Crippen LogP contribution is -2.26. The molecule has 0 bridgehead atoms. The number of allylic oxidation sites excluding steroid dienone is 1. The molecule has 0 aromatic heterocycles. The lowest BCUT2D eigenvalue weighted by molar-refractivity contribution is 0.522. The largest absolute Gasteiger partial charge is 0.377 e. The zero-order valence-corrected chi connectivity index (χ0v) is 7.77. The minimum Gasteiger partial charge on any atom is -0.377 e. The van der Waals surface area contributed by atoms with Gasteiger partial charge in [-0.3, -0.25) is 0 Å². The molecule has 1 aliphatic rings. The third-order valence-corrected chi connectivity index (χ3v) is 2.21. The summed E-state index contributed by atoms with van der Waals surface area (Å²) >= 11 is 0. The summed E-state index contributed by atoms with van der Waals surface area (Å²) < 4.78 is 0. The highest BCUT2D eigenvalue weighted by molar-refractivity contribution is 5.41. The van der Waals surface area contributed by atoms with Crippen LogP contribution >= 0.6 is 0 Å². The van der Waals surface area contributed by atoms with Gasteiger partial charge in [-0.15, -0.1) is 0 Å². The van der Waals surface area contributed by atoms with E-state index in [0.29, 0.717) is 0 Å². The molecule has 0 aliphatic carbocycles. The maximum absolute atomic E-state index is 2.25. The zero-order chi connectivity index (χ0) is 9.10. The minimum atomic E-state index is 0.974. The number of hydrogen-bond donors (Lipinski definition) is 0. The van der Waals surface area contributed by atoms with E-state index < -0.39 is 0 Å². The lowest BCUT2D eigenvalue weighted by Gasteiger charge is -2.10. The summed E-state index contributed by atoms with van der Waals surface area (Å²) in [6.45, 7) is 0.974. The summed E-state index contributed by atoms with van der Waals surface area (Å²) in [7, 11) is 2.08. The van der Waals surface area contributed by atoms with Crippen LogP contribution < -0.4 is 10.4 Å². The van der Waals surface area contributed by atoms with Crippen LogP contribution in [0.25, 0.3) is 12.2 Å². The average Bonchev–Trinajstić information content (AvgIpc) is 2.13. The third-order valence-electron chi connectivity index (χ3n) is 2.21. The number of hydrogen-bond acceptors (Lipinski definition) is 1. The summed E-state index contributed by atoms with van der Waals surface area (Å²) in [5.41, 5.74) is 0. The fraction of sp³-hybridized carbons (Fsp3) is 0.167. The highest BCUT2D eigenvalue weighted by Crippen LogP contribution is 1.87. The van der Waals surface area contributed by atoms with E-state index in [1.54, 1.807) is 0 Å². The molecule has 0 N–H and O–H groups in total. The van der Waals surface area contributed by atoms with Gasteiger partial charge in [0, 0.05) is 13.6 Å². The summed E-state index contributed by atoms with van der Waals surface area (Å²) in [6.07, 6.45) is 8.56. The van der Waals surface area contributed by atoms with E-state index in [9.17, 15) is 0 Å². The summed E-state index contributed by atoms with van der Waals surface area (Å²) in [5.74, 6) is 0. The maximum Gasteiger partial charge on any atom is 0.0359 e. The smallest absolute Gasteiger partial charge is 0.0359 e. The van der Waals surface area contributed by atoms with Crippen LogP contribution in [-0.2, 0) is 0 Å². The molecule has 0 unspecified atom stereocenters. The van der Waals surface area contributed by atoms with E-state index in [0.717, 1.165) is 6.54 Å². The molecule has 1 nitrogen and oxygen atoms in total. The van der Waals surface area contributed by atoms with Gasteiger partial charge in [0.15, 0.2) is 0 Å². The van der Waals surface area contributed by atoms with Crippen LogP contribution in [0.2, 0.25) is 0 Å². The Labute approximate surface area is 78.3 Å². The first-order chi connectivity index (χ1) is 6.36. The molecule has 0 amide bonds. The van der Waals surface area contributed by atoms with Gasteiger partial charge < -0.3 is 4.90 Å².